The summed E-state index contributed by atoms with van der Waals surface area (Å²) in [5, 5.41) is 13.1. The van der Waals surface area contributed by atoms with Gasteiger partial charge in [-0.1, -0.05) is 30.0 Å². The largest absolute Gasteiger partial charge is 0.496 e. The van der Waals surface area contributed by atoms with Crippen LogP contribution < -0.4 is 10.1 Å². The smallest absolute Gasteiger partial charge is 0.323 e. The van der Waals surface area contributed by atoms with Gasteiger partial charge in [0.05, 0.1) is 24.1 Å². The molecule has 4 aromatic rings. The number of imidazole rings is 1. The van der Waals surface area contributed by atoms with Crippen molar-refractivity contribution in [3.63, 3.8) is 0 Å². The number of halogens is 1. The predicted molar refractivity (Wildman–Crippen MR) is 132 cm³/mol. The summed E-state index contributed by atoms with van der Waals surface area (Å²) in [6, 6.07) is 17.2. The van der Waals surface area contributed by atoms with Gasteiger partial charge in [0.25, 0.3) is 0 Å². The third-order valence-corrected chi connectivity index (χ3v) is 7.06. The lowest BCUT2D eigenvalue weighted by Gasteiger charge is -2.13. The second kappa shape index (κ2) is 9.42. The van der Waals surface area contributed by atoms with E-state index in [0.29, 0.717) is 39.8 Å². The number of hydrogen-bond donors (Lipinski definition) is 2. The molecule has 1 aromatic heterocycles. The van der Waals surface area contributed by atoms with E-state index in [9.17, 15) is 19.1 Å². The fourth-order valence-corrected chi connectivity index (χ4v) is 5.38. The molecule has 0 radical (unpaired) electrons. The van der Waals surface area contributed by atoms with Crippen LogP contribution in [-0.4, -0.2) is 40.1 Å². The van der Waals surface area contributed by atoms with Gasteiger partial charge >= 0.3 is 5.97 Å². The maximum atomic E-state index is 13.7. The molecule has 3 aromatic carbocycles. The highest BCUT2D eigenvalue weighted by molar-refractivity contribution is 7.98. The lowest BCUT2D eigenvalue weighted by molar-refractivity contribution is -0.137. The second-order valence-electron chi connectivity index (χ2n) is 8.21. The molecule has 0 saturated carbocycles. The highest BCUT2D eigenvalue weighted by Gasteiger charge is 2.29. The summed E-state index contributed by atoms with van der Waals surface area (Å²) in [6.45, 7) is 0.248. The van der Waals surface area contributed by atoms with Crippen LogP contribution in [0.1, 0.15) is 27.4 Å². The molecule has 35 heavy (non-hydrogen) atoms. The van der Waals surface area contributed by atoms with Crippen LogP contribution in [0.3, 0.4) is 0 Å². The van der Waals surface area contributed by atoms with Crippen molar-refractivity contribution >= 4 is 40.2 Å². The third-order valence-electron chi connectivity index (χ3n) is 6.04. The van der Waals surface area contributed by atoms with Crippen LogP contribution in [0.25, 0.3) is 11.0 Å². The van der Waals surface area contributed by atoms with Crippen LogP contribution >= 0.6 is 11.8 Å². The van der Waals surface area contributed by atoms with E-state index in [-0.39, 0.29) is 18.2 Å². The van der Waals surface area contributed by atoms with E-state index in [1.165, 1.54) is 30.0 Å². The Bertz CT molecular complexity index is 1450. The minimum Gasteiger partial charge on any atom is -0.496 e. The van der Waals surface area contributed by atoms with Gasteiger partial charge in [-0.05, 0) is 42.0 Å². The normalized spacial score (nSPS) is 14.5. The molecular weight excluding hydrogens is 469 g/mol. The average molecular weight is 492 g/mol. The SMILES string of the molecule is COc1ccc(C(=O)C2CNc3ccccc32)cc1CSc1nc2cc(F)ccc2n1CC(=O)O. The number of carbonyl (C=O) groups is 2. The number of anilines is 1. The quantitative estimate of drug-likeness (QED) is 0.266. The predicted octanol–water partition coefficient (Wildman–Crippen LogP) is 4.95. The van der Waals surface area contributed by atoms with Crippen molar-refractivity contribution in [3.8, 4) is 5.75 Å². The Hall–Kier alpha value is -3.85. The molecule has 0 saturated heterocycles. The van der Waals surface area contributed by atoms with Gasteiger partial charge in [-0.25, -0.2) is 9.37 Å². The summed E-state index contributed by atoms with van der Waals surface area (Å²) in [4.78, 5) is 29.2. The lowest BCUT2D eigenvalue weighted by atomic mass is 9.91. The molecule has 1 aliphatic rings. The van der Waals surface area contributed by atoms with Crippen LogP contribution in [0.15, 0.2) is 65.8 Å². The van der Waals surface area contributed by atoms with Gasteiger partial charge in [0.15, 0.2) is 10.9 Å². The van der Waals surface area contributed by atoms with Gasteiger partial charge in [-0.2, -0.15) is 0 Å². The molecule has 7 nitrogen and oxygen atoms in total. The maximum Gasteiger partial charge on any atom is 0.323 e. The highest BCUT2D eigenvalue weighted by Crippen LogP contribution is 2.35. The van der Waals surface area contributed by atoms with E-state index >= 15 is 0 Å². The molecule has 2 N–H and O–H groups in total. The number of Topliss-reactive ketones (excluding diaryl/α,β-unsaturated/α-hetero) is 1. The fraction of sp³-hybridized carbons (Fsp3) is 0.192. The van der Waals surface area contributed by atoms with Crippen molar-refractivity contribution in [3.05, 3.63) is 83.2 Å². The third kappa shape index (κ3) is 4.46. The fourth-order valence-electron chi connectivity index (χ4n) is 4.38. The number of carboxylic acid groups (broad SMARTS) is 1. The van der Waals surface area contributed by atoms with E-state index < -0.39 is 11.8 Å². The first-order valence-electron chi connectivity index (χ1n) is 11.0. The Morgan fingerprint density at radius 3 is 2.83 bits per heavy atom. The van der Waals surface area contributed by atoms with E-state index in [1.807, 2.05) is 30.3 Å². The van der Waals surface area contributed by atoms with Crippen LogP contribution in [0.4, 0.5) is 10.1 Å². The number of aromatic nitrogens is 2. The molecule has 1 atom stereocenters. The molecule has 1 unspecified atom stereocenters. The van der Waals surface area contributed by atoms with E-state index in [0.717, 1.165) is 16.8 Å². The van der Waals surface area contributed by atoms with E-state index in [2.05, 4.69) is 10.3 Å². The number of nitrogens with zero attached hydrogens (tertiary/aromatic N) is 2. The zero-order valence-corrected chi connectivity index (χ0v) is 19.6. The number of thioether (sulfide) groups is 1. The van der Waals surface area contributed by atoms with Gasteiger partial charge < -0.3 is 19.7 Å². The molecule has 0 spiro atoms. The monoisotopic (exact) mass is 491 g/mol. The molecule has 1 aliphatic heterocycles. The van der Waals surface area contributed by atoms with Gasteiger partial charge in [0.1, 0.15) is 18.1 Å². The molecule has 0 fully saturated rings. The molecule has 0 amide bonds. The molecule has 2 heterocycles. The maximum absolute atomic E-state index is 13.7. The number of carboxylic acids is 1. The number of rotatable bonds is 8. The molecular formula is C26H22FN3O4S. The molecule has 5 rings (SSSR count). The number of benzene rings is 3. The molecule has 0 aliphatic carbocycles. The Morgan fingerprint density at radius 2 is 2.03 bits per heavy atom. The van der Waals surface area contributed by atoms with Crippen molar-refractivity contribution in [1.29, 1.82) is 0 Å². The Morgan fingerprint density at radius 1 is 1.20 bits per heavy atom. The van der Waals surface area contributed by atoms with Crippen molar-refractivity contribution in [2.45, 2.75) is 23.4 Å². The zero-order valence-electron chi connectivity index (χ0n) is 18.8. The number of para-hydroxylation sites is 1. The number of carbonyl (C=O) groups excluding carboxylic acids is 1. The first kappa shape index (κ1) is 22.9. The minimum atomic E-state index is -1.02. The minimum absolute atomic E-state index is 0.0185. The summed E-state index contributed by atoms with van der Waals surface area (Å²) in [6.07, 6.45) is 0. The van der Waals surface area contributed by atoms with Crippen LogP contribution in [0.5, 0.6) is 5.75 Å². The van der Waals surface area contributed by atoms with Gasteiger partial charge in [0.2, 0.25) is 0 Å². The first-order valence-corrected chi connectivity index (χ1v) is 12.0. The summed E-state index contributed by atoms with van der Waals surface area (Å²) < 4.78 is 20.8. The number of hydrogen-bond acceptors (Lipinski definition) is 6. The van der Waals surface area contributed by atoms with Crippen LogP contribution in [0.2, 0.25) is 0 Å². The summed E-state index contributed by atoms with van der Waals surface area (Å²) in [5.41, 5.74) is 4.24. The van der Waals surface area contributed by atoms with E-state index in [4.69, 9.17) is 4.74 Å². The molecule has 9 heteroatoms. The summed E-state index contributed by atoms with van der Waals surface area (Å²) in [5.74, 6) is -0.712. The topological polar surface area (TPSA) is 93.5 Å². The van der Waals surface area contributed by atoms with Crippen molar-refractivity contribution in [2.24, 2.45) is 0 Å². The van der Waals surface area contributed by atoms with Gasteiger partial charge in [-0.15, -0.1) is 0 Å². The Kier molecular flexibility index (Phi) is 6.17. The highest BCUT2D eigenvalue weighted by atomic mass is 32.2. The van der Waals surface area contributed by atoms with Gasteiger partial charge in [0, 0.05) is 35.2 Å². The number of ketones is 1. The van der Waals surface area contributed by atoms with Crippen LogP contribution in [0, 0.1) is 5.82 Å². The number of methoxy groups -OCH3 is 1. The summed E-state index contributed by atoms with van der Waals surface area (Å²) >= 11 is 1.31. The standard InChI is InChI=1S/C26H22FN3O4S/c1-34-23-9-6-15(25(33)19-12-28-20-5-3-2-4-18(19)20)10-16(23)14-35-26-29-21-11-17(27)7-8-22(21)30(26)13-24(31)32/h2-11,19,28H,12-14H2,1H3,(H,31,32). The van der Waals surface area contributed by atoms with E-state index in [1.54, 1.807) is 23.8 Å². The van der Waals surface area contributed by atoms with Crippen molar-refractivity contribution < 1.29 is 23.8 Å². The molecule has 178 valence electrons. The molecule has 0 bridgehead atoms. The van der Waals surface area contributed by atoms with Crippen molar-refractivity contribution in [1.82, 2.24) is 9.55 Å². The summed E-state index contributed by atoms with van der Waals surface area (Å²) in [7, 11) is 1.56. The second-order valence-corrected chi connectivity index (χ2v) is 9.15. The van der Waals surface area contributed by atoms with Gasteiger partial charge in [-0.3, -0.25) is 9.59 Å². The van der Waals surface area contributed by atoms with Crippen molar-refractivity contribution in [2.75, 3.05) is 19.0 Å². The first-order chi connectivity index (χ1) is 16.9. The average Bonchev–Trinajstić information content (AvgIpc) is 3.43. The Labute approximate surface area is 204 Å². The zero-order chi connectivity index (χ0) is 24.5. The number of ether oxygens (including phenoxy) is 1. The number of nitrogens with one attached hydrogen (secondary N) is 1. The Balaban J connectivity index is 1.43. The number of fused-ring (bicyclic) bond motifs is 2. The lowest BCUT2D eigenvalue weighted by Crippen LogP contribution is -2.15. The van der Waals surface area contributed by atoms with Crippen LogP contribution in [-0.2, 0) is 17.1 Å². The number of aliphatic carboxylic acids is 1.